The third kappa shape index (κ3) is 4.10. The minimum Gasteiger partial charge on any atom is -0.390 e. The molecule has 29 heavy (non-hydrogen) atoms. The van der Waals surface area contributed by atoms with Gasteiger partial charge in [0.2, 0.25) is 0 Å². The van der Waals surface area contributed by atoms with E-state index in [0.29, 0.717) is 12.1 Å². The van der Waals surface area contributed by atoms with E-state index in [-0.39, 0.29) is 12.3 Å². The molecule has 0 aliphatic heterocycles. The van der Waals surface area contributed by atoms with E-state index in [1.165, 1.54) is 12.3 Å². The van der Waals surface area contributed by atoms with Crippen molar-refractivity contribution in [2.75, 3.05) is 0 Å². The molecule has 5 nitrogen and oxygen atoms in total. The Hall–Kier alpha value is -2.55. The van der Waals surface area contributed by atoms with Gasteiger partial charge < -0.3 is 15.5 Å². The second-order valence-corrected chi connectivity index (χ2v) is 7.32. The third-order valence-electron chi connectivity index (χ3n) is 5.39. The van der Waals surface area contributed by atoms with Crippen molar-refractivity contribution in [3.63, 3.8) is 0 Å². The molecule has 0 amide bonds. The highest BCUT2D eigenvalue weighted by atomic mass is 19.4. The fourth-order valence-electron chi connectivity index (χ4n) is 3.87. The number of fused-ring (bicyclic) bond motifs is 1. The van der Waals surface area contributed by atoms with E-state index in [1.807, 2.05) is 30.3 Å². The van der Waals surface area contributed by atoms with E-state index in [1.54, 1.807) is 6.20 Å². The molecule has 3 N–H and O–H groups in total. The Morgan fingerprint density at radius 2 is 1.83 bits per heavy atom. The number of nitrogens with zero attached hydrogens (tertiary/aromatic N) is 2. The van der Waals surface area contributed by atoms with Crippen LogP contribution in [-0.4, -0.2) is 38.4 Å². The van der Waals surface area contributed by atoms with Crippen molar-refractivity contribution in [1.82, 2.24) is 15.3 Å². The Balaban J connectivity index is 1.52. The maximum Gasteiger partial charge on any atom is 0.433 e. The number of aromatic nitrogens is 2. The van der Waals surface area contributed by atoms with Gasteiger partial charge in [0.25, 0.3) is 0 Å². The van der Waals surface area contributed by atoms with Crippen LogP contribution in [0, 0.1) is 0 Å². The summed E-state index contributed by atoms with van der Waals surface area (Å²) in [5.74, 6) is -0.358. The lowest BCUT2D eigenvalue weighted by molar-refractivity contribution is -0.141. The van der Waals surface area contributed by atoms with Gasteiger partial charge in [-0.25, -0.2) is 0 Å². The number of para-hydroxylation sites is 1. The molecular formula is C21H20F3N3O2. The van der Waals surface area contributed by atoms with Crippen molar-refractivity contribution in [3.8, 4) is 0 Å². The van der Waals surface area contributed by atoms with Crippen molar-refractivity contribution in [1.29, 1.82) is 0 Å². The van der Waals surface area contributed by atoms with Gasteiger partial charge in [0, 0.05) is 36.3 Å². The predicted octanol–water partition coefficient (Wildman–Crippen LogP) is 3.02. The molecule has 0 bridgehead atoms. The van der Waals surface area contributed by atoms with Gasteiger partial charge in [0.1, 0.15) is 5.69 Å². The average molecular weight is 403 g/mol. The summed E-state index contributed by atoms with van der Waals surface area (Å²) in [7, 11) is 0. The lowest BCUT2D eigenvalue weighted by Gasteiger charge is -2.24. The Morgan fingerprint density at radius 3 is 2.55 bits per heavy atom. The number of aliphatic hydroxyl groups is 2. The van der Waals surface area contributed by atoms with Crippen LogP contribution in [0.25, 0.3) is 10.9 Å². The number of benzene rings is 1. The first-order valence-corrected chi connectivity index (χ1v) is 9.29. The molecule has 2 aromatic heterocycles. The van der Waals surface area contributed by atoms with Crippen LogP contribution in [0.5, 0.6) is 0 Å². The van der Waals surface area contributed by atoms with E-state index in [0.717, 1.165) is 22.5 Å². The quantitative estimate of drug-likeness (QED) is 0.624. The van der Waals surface area contributed by atoms with E-state index < -0.39 is 30.1 Å². The van der Waals surface area contributed by atoms with Crippen LogP contribution in [0.3, 0.4) is 0 Å². The summed E-state index contributed by atoms with van der Waals surface area (Å²) < 4.78 is 38.3. The Labute approximate surface area is 165 Å². The van der Waals surface area contributed by atoms with Gasteiger partial charge in [-0.05, 0) is 35.7 Å². The lowest BCUT2D eigenvalue weighted by Crippen LogP contribution is -2.41. The molecule has 4 rings (SSSR count). The molecule has 1 aliphatic rings. The molecule has 152 valence electrons. The third-order valence-corrected chi connectivity index (χ3v) is 5.39. The summed E-state index contributed by atoms with van der Waals surface area (Å²) in [6, 6.07) is 11.5. The molecule has 3 aromatic rings. The predicted molar refractivity (Wildman–Crippen MR) is 101 cm³/mol. The van der Waals surface area contributed by atoms with Crippen LogP contribution < -0.4 is 5.32 Å². The van der Waals surface area contributed by atoms with Gasteiger partial charge in [-0.1, -0.05) is 24.3 Å². The highest BCUT2D eigenvalue weighted by molar-refractivity contribution is 5.78. The first-order valence-electron chi connectivity index (χ1n) is 9.29. The minimum atomic E-state index is -4.51. The van der Waals surface area contributed by atoms with Crippen molar-refractivity contribution >= 4 is 10.9 Å². The molecule has 0 saturated heterocycles. The Kier molecular flexibility index (Phi) is 5.24. The summed E-state index contributed by atoms with van der Waals surface area (Å²) in [5, 5.41) is 24.7. The number of hydrogen-bond donors (Lipinski definition) is 3. The van der Waals surface area contributed by atoms with Crippen molar-refractivity contribution in [2.24, 2.45) is 0 Å². The largest absolute Gasteiger partial charge is 0.433 e. The number of halogens is 3. The minimum absolute atomic E-state index is 0.238. The SMILES string of the molecule is O[C@H]1[C@H](NCc2cnc3ccccc3c2)[C@@H](c2ccc(C(F)(F)F)nc2)C[C@H]1O. The second-order valence-electron chi connectivity index (χ2n) is 7.32. The van der Waals surface area contributed by atoms with Crippen LogP contribution in [0.4, 0.5) is 13.2 Å². The molecule has 1 aliphatic carbocycles. The van der Waals surface area contributed by atoms with Gasteiger partial charge in [-0.15, -0.1) is 0 Å². The Bertz CT molecular complexity index is 994. The molecule has 0 spiro atoms. The maximum atomic E-state index is 12.8. The van der Waals surface area contributed by atoms with Gasteiger partial charge in [-0.2, -0.15) is 13.2 Å². The maximum absolute atomic E-state index is 12.8. The molecule has 0 radical (unpaired) electrons. The summed E-state index contributed by atoms with van der Waals surface area (Å²) in [6.45, 7) is 0.400. The van der Waals surface area contributed by atoms with Crippen molar-refractivity contribution in [3.05, 3.63) is 71.7 Å². The van der Waals surface area contributed by atoms with Crippen LogP contribution in [0.15, 0.2) is 54.9 Å². The normalized spacial score (nSPS) is 24.9. The van der Waals surface area contributed by atoms with Gasteiger partial charge >= 0.3 is 6.18 Å². The number of pyridine rings is 2. The number of hydrogen-bond acceptors (Lipinski definition) is 5. The van der Waals surface area contributed by atoms with Gasteiger partial charge in [-0.3, -0.25) is 9.97 Å². The Morgan fingerprint density at radius 1 is 1.03 bits per heavy atom. The molecule has 8 heteroatoms. The van der Waals surface area contributed by atoms with E-state index in [2.05, 4.69) is 15.3 Å². The number of aliphatic hydroxyl groups excluding tert-OH is 2. The molecule has 1 aromatic carbocycles. The fourth-order valence-corrected chi connectivity index (χ4v) is 3.87. The van der Waals surface area contributed by atoms with Gasteiger partial charge in [0.15, 0.2) is 0 Å². The second kappa shape index (κ2) is 7.70. The van der Waals surface area contributed by atoms with E-state index in [9.17, 15) is 23.4 Å². The first-order chi connectivity index (χ1) is 13.8. The topological polar surface area (TPSA) is 78.3 Å². The molecule has 1 saturated carbocycles. The van der Waals surface area contributed by atoms with Crippen LogP contribution in [0.2, 0.25) is 0 Å². The summed E-state index contributed by atoms with van der Waals surface area (Å²) >= 11 is 0. The molecule has 1 fully saturated rings. The summed E-state index contributed by atoms with van der Waals surface area (Å²) in [6.07, 6.45) is -3.35. The zero-order valence-corrected chi connectivity index (χ0v) is 15.3. The molecule has 2 heterocycles. The fraction of sp³-hybridized carbons (Fsp3) is 0.333. The van der Waals surface area contributed by atoms with Crippen LogP contribution in [0.1, 0.15) is 29.2 Å². The number of alkyl halides is 3. The summed E-state index contributed by atoms with van der Waals surface area (Å²) in [5.41, 5.74) is 1.36. The van der Waals surface area contributed by atoms with Crippen molar-refractivity contribution < 1.29 is 23.4 Å². The highest BCUT2D eigenvalue weighted by Gasteiger charge is 2.42. The van der Waals surface area contributed by atoms with E-state index in [4.69, 9.17) is 0 Å². The number of nitrogens with one attached hydrogen (secondary N) is 1. The van der Waals surface area contributed by atoms with Crippen molar-refractivity contribution in [2.45, 2.75) is 43.3 Å². The highest BCUT2D eigenvalue weighted by Crippen LogP contribution is 2.36. The first kappa shape index (κ1) is 19.8. The monoisotopic (exact) mass is 403 g/mol. The smallest absolute Gasteiger partial charge is 0.390 e. The lowest BCUT2D eigenvalue weighted by atomic mass is 9.94. The van der Waals surface area contributed by atoms with Gasteiger partial charge in [0.05, 0.1) is 17.7 Å². The number of rotatable bonds is 4. The summed E-state index contributed by atoms with van der Waals surface area (Å²) in [4.78, 5) is 7.91. The zero-order valence-electron chi connectivity index (χ0n) is 15.3. The molecule has 0 unspecified atom stereocenters. The zero-order chi connectivity index (χ0) is 20.6. The molecular weight excluding hydrogens is 383 g/mol. The standard InChI is InChI=1S/C21H20F3N3O2/c22-21(23,24)18-6-5-14(11-26-18)15-8-17(28)20(29)19(15)27-10-12-7-13-3-1-2-4-16(13)25-9-12/h1-7,9,11,15,17,19-20,27-29H,8,10H2/t15-,17-,19-,20-/m1/s1. The average Bonchev–Trinajstić information content (AvgIpc) is 3.00. The van der Waals surface area contributed by atoms with E-state index >= 15 is 0 Å². The van der Waals surface area contributed by atoms with Crippen LogP contribution in [-0.2, 0) is 12.7 Å². The van der Waals surface area contributed by atoms with Crippen LogP contribution >= 0.6 is 0 Å². The molecule has 4 atom stereocenters.